The molecule has 1 aliphatic heterocycles. The summed E-state index contributed by atoms with van der Waals surface area (Å²) < 4.78 is 0. The van der Waals surface area contributed by atoms with Crippen LogP contribution >= 0.6 is 0 Å². The summed E-state index contributed by atoms with van der Waals surface area (Å²) in [5.74, 6) is 0.747. The number of hydrogen-bond acceptors (Lipinski definition) is 3. The minimum atomic E-state index is -0.0807. The van der Waals surface area contributed by atoms with Crippen LogP contribution in [0.3, 0.4) is 0 Å². The van der Waals surface area contributed by atoms with Gasteiger partial charge in [-0.05, 0) is 29.5 Å². The van der Waals surface area contributed by atoms with Crippen molar-refractivity contribution < 1.29 is 4.79 Å². The Hall–Kier alpha value is -2.17. The number of amides is 1. The zero-order valence-electron chi connectivity index (χ0n) is 11.7. The molecule has 0 unspecified atom stereocenters. The second-order valence-corrected chi connectivity index (χ2v) is 6.07. The van der Waals surface area contributed by atoms with E-state index >= 15 is 0 Å². The molecule has 0 bridgehead atoms. The smallest absolute Gasteiger partial charge is 0.271 e. The molecule has 104 valence electrons. The minimum Gasteiger partial charge on any atom is -0.350 e. The topological polar surface area (TPSA) is 70.7 Å². The lowest BCUT2D eigenvalue weighted by molar-refractivity contribution is 0.0940. The van der Waals surface area contributed by atoms with Gasteiger partial charge in [0.1, 0.15) is 11.5 Å². The summed E-state index contributed by atoms with van der Waals surface area (Å²) in [5, 5.41) is 2.94. The molecule has 2 N–H and O–H groups in total. The van der Waals surface area contributed by atoms with Crippen molar-refractivity contribution in [3.05, 3.63) is 47.3 Å². The zero-order chi connectivity index (χ0) is 14.2. The summed E-state index contributed by atoms with van der Waals surface area (Å²) in [6, 6.07) is 3.91. The lowest BCUT2D eigenvalue weighted by Crippen LogP contribution is -2.32. The SMILES string of the molecule is CC1(C)CNC(=O)c2nc(Cc3ccncc3)[nH]c2C1. The monoisotopic (exact) mass is 270 g/mol. The van der Waals surface area contributed by atoms with Gasteiger partial charge in [-0.2, -0.15) is 0 Å². The van der Waals surface area contributed by atoms with Gasteiger partial charge in [-0.15, -0.1) is 0 Å². The Morgan fingerprint density at radius 2 is 2.05 bits per heavy atom. The number of aromatic nitrogens is 3. The molecule has 0 aliphatic carbocycles. The number of nitrogens with one attached hydrogen (secondary N) is 2. The normalized spacial score (nSPS) is 17.2. The maximum Gasteiger partial charge on any atom is 0.271 e. The highest BCUT2D eigenvalue weighted by Crippen LogP contribution is 2.25. The first kappa shape index (κ1) is 12.8. The summed E-state index contributed by atoms with van der Waals surface area (Å²) in [7, 11) is 0. The molecule has 0 saturated carbocycles. The molecular formula is C15H18N4O. The lowest BCUT2D eigenvalue weighted by atomic mass is 9.88. The highest BCUT2D eigenvalue weighted by molar-refractivity contribution is 5.93. The minimum absolute atomic E-state index is 0.0430. The number of aromatic amines is 1. The van der Waals surface area contributed by atoms with Gasteiger partial charge in [0.25, 0.3) is 5.91 Å². The third kappa shape index (κ3) is 2.57. The van der Waals surface area contributed by atoms with Gasteiger partial charge in [-0.3, -0.25) is 9.78 Å². The Balaban J connectivity index is 1.90. The largest absolute Gasteiger partial charge is 0.350 e. The van der Waals surface area contributed by atoms with Gasteiger partial charge in [-0.25, -0.2) is 4.98 Å². The van der Waals surface area contributed by atoms with Crippen LogP contribution in [0.1, 0.15) is 41.4 Å². The number of carbonyl (C=O) groups is 1. The van der Waals surface area contributed by atoms with Crippen LogP contribution in [0.25, 0.3) is 0 Å². The summed E-state index contributed by atoms with van der Waals surface area (Å²) in [6.07, 6.45) is 5.03. The van der Waals surface area contributed by atoms with Crippen molar-refractivity contribution >= 4 is 5.91 Å². The number of H-pyrrole nitrogens is 1. The lowest BCUT2D eigenvalue weighted by Gasteiger charge is -2.21. The van der Waals surface area contributed by atoms with Crippen molar-refractivity contribution in [3.63, 3.8) is 0 Å². The molecule has 0 saturated heterocycles. The summed E-state index contributed by atoms with van der Waals surface area (Å²) >= 11 is 0. The standard InChI is InChI=1S/C15H18N4O/c1-15(2)8-11-13(14(20)17-9-15)19-12(18-11)7-10-3-5-16-6-4-10/h3-6H,7-9H2,1-2H3,(H,17,20)(H,18,19). The van der Waals surface area contributed by atoms with E-state index in [1.165, 1.54) is 0 Å². The van der Waals surface area contributed by atoms with E-state index in [4.69, 9.17) is 0 Å². The second kappa shape index (κ2) is 4.74. The number of fused-ring (bicyclic) bond motifs is 1. The summed E-state index contributed by atoms with van der Waals surface area (Å²) in [4.78, 5) is 23.8. The van der Waals surface area contributed by atoms with Gasteiger partial charge < -0.3 is 10.3 Å². The van der Waals surface area contributed by atoms with Gasteiger partial charge in [-0.1, -0.05) is 13.8 Å². The Kier molecular flexibility index (Phi) is 3.04. The predicted molar refractivity (Wildman–Crippen MR) is 75.4 cm³/mol. The molecule has 0 spiro atoms. The average molecular weight is 270 g/mol. The van der Waals surface area contributed by atoms with Crippen LogP contribution in [0.5, 0.6) is 0 Å². The van der Waals surface area contributed by atoms with Crippen LogP contribution in [-0.4, -0.2) is 27.4 Å². The fourth-order valence-corrected chi connectivity index (χ4v) is 2.50. The average Bonchev–Trinajstić information content (AvgIpc) is 2.75. The van der Waals surface area contributed by atoms with Crippen molar-refractivity contribution in [2.24, 2.45) is 5.41 Å². The first-order valence-electron chi connectivity index (χ1n) is 6.78. The quantitative estimate of drug-likeness (QED) is 0.872. The van der Waals surface area contributed by atoms with E-state index in [0.717, 1.165) is 23.5 Å². The Morgan fingerprint density at radius 3 is 2.80 bits per heavy atom. The van der Waals surface area contributed by atoms with Crippen LogP contribution < -0.4 is 5.32 Å². The molecule has 5 nitrogen and oxygen atoms in total. The Labute approximate surface area is 117 Å². The van der Waals surface area contributed by atoms with Crippen LogP contribution in [0.4, 0.5) is 0 Å². The number of rotatable bonds is 2. The summed E-state index contributed by atoms with van der Waals surface area (Å²) in [6.45, 7) is 4.97. The van der Waals surface area contributed by atoms with Crippen molar-refractivity contribution in [1.29, 1.82) is 0 Å². The van der Waals surface area contributed by atoms with Crippen LogP contribution in [0, 0.1) is 5.41 Å². The fraction of sp³-hybridized carbons (Fsp3) is 0.400. The van der Waals surface area contributed by atoms with Crippen molar-refractivity contribution in [3.8, 4) is 0 Å². The molecule has 0 aromatic carbocycles. The first-order valence-corrected chi connectivity index (χ1v) is 6.78. The van der Waals surface area contributed by atoms with E-state index in [-0.39, 0.29) is 11.3 Å². The van der Waals surface area contributed by atoms with Crippen LogP contribution in [0.15, 0.2) is 24.5 Å². The van der Waals surface area contributed by atoms with E-state index in [1.54, 1.807) is 12.4 Å². The molecule has 3 heterocycles. The molecule has 3 rings (SSSR count). The molecule has 2 aromatic rings. The third-order valence-electron chi connectivity index (χ3n) is 3.55. The van der Waals surface area contributed by atoms with Gasteiger partial charge in [0.15, 0.2) is 0 Å². The molecular weight excluding hydrogens is 252 g/mol. The van der Waals surface area contributed by atoms with Gasteiger partial charge in [0, 0.05) is 31.1 Å². The Morgan fingerprint density at radius 1 is 1.30 bits per heavy atom. The summed E-state index contributed by atoms with van der Waals surface area (Å²) in [5.41, 5.74) is 2.65. The highest BCUT2D eigenvalue weighted by atomic mass is 16.1. The third-order valence-corrected chi connectivity index (χ3v) is 3.55. The van der Waals surface area contributed by atoms with Gasteiger partial charge in [0.05, 0.1) is 0 Å². The molecule has 2 aromatic heterocycles. The Bertz CT molecular complexity index is 631. The van der Waals surface area contributed by atoms with E-state index in [0.29, 0.717) is 18.7 Å². The van der Waals surface area contributed by atoms with E-state index in [9.17, 15) is 4.79 Å². The predicted octanol–water partition coefficient (Wildman–Crippen LogP) is 1.71. The number of carbonyl (C=O) groups excluding carboxylic acids is 1. The first-order chi connectivity index (χ1) is 9.53. The zero-order valence-corrected chi connectivity index (χ0v) is 11.7. The molecule has 0 radical (unpaired) electrons. The van der Waals surface area contributed by atoms with E-state index < -0.39 is 0 Å². The van der Waals surface area contributed by atoms with Crippen molar-refractivity contribution in [2.75, 3.05) is 6.54 Å². The molecule has 1 aliphatic rings. The molecule has 1 amide bonds. The number of hydrogen-bond donors (Lipinski definition) is 2. The van der Waals surface area contributed by atoms with Crippen molar-refractivity contribution in [2.45, 2.75) is 26.7 Å². The number of nitrogens with zero attached hydrogens (tertiary/aromatic N) is 2. The van der Waals surface area contributed by atoms with Crippen molar-refractivity contribution in [1.82, 2.24) is 20.3 Å². The van der Waals surface area contributed by atoms with Crippen LogP contribution in [0.2, 0.25) is 0 Å². The maximum absolute atomic E-state index is 12.1. The maximum atomic E-state index is 12.1. The van der Waals surface area contributed by atoms with Gasteiger partial charge in [0.2, 0.25) is 0 Å². The van der Waals surface area contributed by atoms with Crippen LogP contribution in [-0.2, 0) is 12.8 Å². The molecule has 5 heteroatoms. The van der Waals surface area contributed by atoms with E-state index in [1.807, 2.05) is 12.1 Å². The molecule has 0 atom stereocenters. The second-order valence-electron chi connectivity index (χ2n) is 6.07. The number of pyridine rings is 1. The number of imidazole rings is 1. The molecule has 20 heavy (non-hydrogen) atoms. The van der Waals surface area contributed by atoms with E-state index in [2.05, 4.69) is 34.1 Å². The fourth-order valence-electron chi connectivity index (χ4n) is 2.50. The highest BCUT2D eigenvalue weighted by Gasteiger charge is 2.29. The molecule has 0 fully saturated rings. The van der Waals surface area contributed by atoms with Gasteiger partial charge >= 0.3 is 0 Å².